The van der Waals surface area contributed by atoms with Crippen LogP contribution in [0.4, 0.5) is 10.1 Å². The van der Waals surface area contributed by atoms with Crippen LogP contribution in [0.5, 0.6) is 0 Å². The van der Waals surface area contributed by atoms with Crippen molar-refractivity contribution in [2.75, 3.05) is 5.73 Å². The van der Waals surface area contributed by atoms with E-state index in [1.165, 1.54) is 6.07 Å². The zero-order valence-corrected chi connectivity index (χ0v) is 9.87. The van der Waals surface area contributed by atoms with Crippen LogP contribution in [-0.4, -0.2) is 9.97 Å². The van der Waals surface area contributed by atoms with Crippen molar-refractivity contribution in [1.29, 1.82) is 0 Å². The average molecular weight is 241 g/mol. The van der Waals surface area contributed by atoms with E-state index in [9.17, 15) is 4.39 Å². The van der Waals surface area contributed by atoms with Gasteiger partial charge in [-0.15, -0.1) is 0 Å². The molecule has 0 saturated carbocycles. The third-order valence-corrected chi connectivity index (χ3v) is 2.96. The molecular formula is C14H12FN3. The molecule has 3 rings (SSSR count). The number of aryl methyl sites for hydroxylation is 1. The highest BCUT2D eigenvalue weighted by Crippen LogP contribution is 2.33. The molecule has 0 aliphatic heterocycles. The number of nitrogen functional groups attached to an aromatic ring is 1. The molecule has 2 heterocycles. The molecule has 0 amide bonds. The van der Waals surface area contributed by atoms with Crippen LogP contribution in [0.1, 0.15) is 5.69 Å². The van der Waals surface area contributed by atoms with Gasteiger partial charge in [0.25, 0.3) is 0 Å². The van der Waals surface area contributed by atoms with Gasteiger partial charge in [-0.2, -0.15) is 0 Å². The molecule has 0 fully saturated rings. The molecule has 0 aliphatic rings. The second kappa shape index (κ2) is 3.84. The van der Waals surface area contributed by atoms with Crippen LogP contribution in [0, 0.1) is 12.7 Å². The summed E-state index contributed by atoms with van der Waals surface area (Å²) >= 11 is 0. The number of nitrogens with two attached hydrogens (primary N) is 1. The number of fused-ring (bicyclic) bond motifs is 1. The lowest BCUT2D eigenvalue weighted by Gasteiger charge is -2.07. The smallest absolute Gasteiger partial charge is 0.140 e. The topological polar surface area (TPSA) is 54.7 Å². The Morgan fingerprint density at radius 1 is 1.22 bits per heavy atom. The number of nitrogens with one attached hydrogen (secondary N) is 1. The van der Waals surface area contributed by atoms with Crippen molar-refractivity contribution in [3.8, 4) is 11.1 Å². The number of halogens is 1. The fourth-order valence-electron chi connectivity index (χ4n) is 2.18. The number of rotatable bonds is 1. The maximum Gasteiger partial charge on any atom is 0.140 e. The predicted octanol–water partition coefficient (Wildman–Crippen LogP) is 3.26. The number of aromatic amines is 1. The van der Waals surface area contributed by atoms with Gasteiger partial charge < -0.3 is 10.7 Å². The molecule has 0 atom stereocenters. The third kappa shape index (κ3) is 1.54. The van der Waals surface area contributed by atoms with Gasteiger partial charge in [-0.25, -0.2) is 9.37 Å². The number of hydrogen-bond donors (Lipinski definition) is 2. The van der Waals surface area contributed by atoms with E-state index in [-0.39, 0.29) is 5.82 Å². The highest BCUT2D eigenvalue weighted by Gasteiger charge is 2.13. The first-order valence-electron chi connectivity index (χ1n) is 5.66. The summed E-state index contributed by atoms with van der Waals surface area (Å²) in [4.78, 5) is 7.35. The Morgan fingerprint density at radius 2 is 2.00 bits per heavy atom. The first-order chi connectivity index (χ1) is 8.66. The van der Waals surface area contributed by atoms with Gasteiger partial charge in [-0.05, 0) is 24.6 Å². The summed E-state index contributed by atoms with van der Waals surface area (Å²) in [5.41, 5.74) is 9.32. The molecule has 0 unspecified atom stereocenters. The van der Waals surface area contributed by atoms with Gasteiger partial charge in [0.2, 0.25) is 0 Å². The minimum Gasteiger partial charge on any atom is -0.397 e. The summed E-state index contributed by atoms with van der Waals surface area (Å²) in [5.74, 6) is -0.259. The monoisotopic (exact) mass is 241 g/mol. The zero-order chi connectivity index (χ0) is 12.7. The van der Waals surface area contributed by atoms with Crippen molar-refractivity contribution in [3.05, 3.63) is 48.0 Å². The normalized spacial score (nSPS) is 11.0. The van der Waals surface area contributed by atoms with E-state index in [1.807, 2.05) is 19.1 Å². The maximum atomic E-state index is 13.9. The first kappa shape index (κ1) is 10.8. The van der Waals surface area contributed by atoms with E-state index in [4.69, 9.17) is 5.73 Å². The molecular weight excluding hydrogens is 229 g/mol. The minimum atomic E-state index is -0.259. The predicted molar refractivity (Wildman–Crippen MR) is 70.6 cm³/mol. The highest BCUT2D eigenvalue weighted by atomic mass is 19.1. The zero-order valence-electron chi connectivity index (χ0n) is 9.87. The molecule has 0 spiro atoms. The van der Waals surface area contributed by atoms with Crippen molar-refractivity contribution in [2.45, 2.75) is 6.92 Å². The van der Waals surface area contributed by atoms with Gasteiger partial charge in [0.15, 0.2) is 0 Å². The van der Waals surface area contributed by atoms with Gasteiger partial charge in [0, 0.05) is 22.8 Å². The van der Waals surface area contributed by atoms with Gasteiger partial charge in [0.05, 0.1) is 5.69 Å². The molecule has 3 nitrogen and oxygen atoms in total. The van der Waals surface area contributed by atoms with Crippen molar-refractivity contribution >= 4 is 16.7 Å². The quantitative estimate of drug-likeness (QED) is 0.687. The van der Waals surface area contributed by atoms with E-state index in [0.717, 1.165) is 16.6 Å². The molecule has 3 aromatic rings. The molecule has 0 radical (unpaired) electrons. The van der Waals surface area contributed by atoms with Crippen molar-refractivity contribution < 1.29 is 4.39 Å². The second-order valence-electron chi connectivity index (χ2n) is 4.26. The number of aromatic nitrogens is 2. The number of anilines is 1. The van der Waals surface area contributed by atoms with Crippen molar-refractivity contribution in [3.63, 3.8) is 0 Å². The third-order valence-electron chi connectivity index (χ3n) is 2.96. The Bertz CT molecular complexity index is 731. The summed E-state index contributed by atoms with van der Waals surface area (Å²) in [6.45, 7) is 1.88. The van der Waals surface area contributed by atoms with E-state index < -0.39 is 0 Å². The molecule has 90 valence electrons. The van der Waals surface area contributed by atoms with Gasteiger partial charge in [-0.1, -0.05) is 18.2 Å². The standard InChI is InChI=1S/C14H12FN3/c1-8-6-10(9-4-2-3-5-11(9)15)13-12(16)7-17-14(13)18-8/h2-7H,16H2,1H3,(H,17,18). The van der Waals surface area contributed by atoms with Crippen LogP contribution in [0.3, 0.4) is 0 Å². The number of pyridine rings is 1. The largest absolute Gasteiger partial charge is 0.397 e. The SMILES string of the molecule is Cc1cc(-c2ccccc2F)c2c(N)c[nH]c2n1. The molecule has 0 aliphatic carbocycles. The van der Waals surface area contributed by atoms with Gasteiger partial charge >= 0.3 is 0 Å². The van der Waals surface area contributed by atoms with E-state index >= 15 is 0 Å². The number of nitrogens with zero attached hydrogens (tertiary/aromatic N) is 1. The summed E-state index contributed by atoms with van der Waals surface area (Å²) in [6.07, 6.45) is 1.68. The van der Waals surface area contributed by atoms with Crippen LogP contribution in [0.25, 0.3) is 22.2 Å². The fourth-order valence-corrected chi connectivity index (χ4v) is 2.18. The summed E-state index contributed by atoms with van der Waals surface area (Å²) in [6, 6.07) is 8.52. The molecule has 3 N–H and O–H groups in total. The van der Waals surface area contributed by atoms with Crippen LogP contribution >= 0.6 is 0 Å². The van der Waals surface area contributed by atoms with E-state index in [1.54, 1.807) is 18.3 Å². The van der Waals surface area contributed by atoms with Crippen LogP contribution in [-0.2, 0) is 0 Å². The molecule has 0 bridgehead atoms. The van der Waals surface area contributed by atoms with E-state index in [0.29, 0.717) is 16.9 Å². The Kier molecular flexibility index (Phi) is 2.30. The molecule has 4 heteroatoms. The lowest BCUT2D eigenvalue weighted by molar-refractivity contribution is 0.631. The number of benzene rings is 1. The maximum absolute atomic E-state index is 13.9. The van der Waals surface area contributed by atoms with Gasteiger partial charge in [-0.3, -0.25) is 0 Å². The fraction of sp³-hybridized carbons (Fsp3) is 0.0714. The van der Waals surface area contributed by atoms with Gasteiger partial charge in [0.1, 0.15) is 11.5 Å². The summed E-state index contributed by atoms with van der Waals surface area (Å²) in [7, 11) is 0. The molecule has 0 saturated heterocycles. The number of H-pyrrole nitrogens is 1. The Balaban J connectivity index is 2.41. The lowest BCUT2D eigenvalue weighted by atomic mass is 10.0. The van der Waals surface area contributed by atoms with Crippen LogP contribution in [0.15, 0.2) is 36.5 Å². The van der Waals surface area contributed by atoms with Crippen LogP contribution < -0.4 is 5.73 Å². The van der Waals surface area contributed by atoms with E-state index in [2.05, 4.69) is 9.97 Å². The second-order valence-corrected chi connectivity index (χ2v) is 4.26. The first-order valence-corrected chi connectivity index (χ1v) is 5.66. The average Bonchev–Trinajstić information content (AvgIpc) is 2.71. The van der Waals surface area contributed by atoms with Crippen molar-refractivity contribution in [1.82, 2.24) is 9.97 Å². The van der Waals surface area contributed by atoms with Crippen molar-refractivity contribution in [2.24, 2.45) is 0 Å². The Morgan fingerprint density at radius 3 is 2.78 bits per heavy atom. The minimum absolute atomic E-state index is 0.259. The molecule has 18 heavy (non-hydrogen) atoms. The Hall–Kier alpha value is -2.36. The molecule has 1 aromatic carbocycles. The Labute approximate surface area is 103 Å². The van der Waals surface area contributed by atoms with Crippen LogP contribution in [0.2, 0.25) is 0 Å². The summed E-state index contributed by atoms with van der Waals surface area (Å²) < 4.78 is 13.9. The summed E-state index contributed by atoms with van der Waals surface area (Å²) in [5, 5.41) is 0.769. The highest BCUT2D eigenvalue weighted by molar-refractivity contribution is 6.01. The lowest BCUT2D eigenvalue weighted by Crippen LogP contribution is -1.91. The number of hydrogen-bond acceptors (Lipinski definition) is 2. The molecule has 2 aromatic heterocycles.